The number of rotatable bonds is 48. The first-order chi connectivity index (χ1) is 32.5. The van der Waals surface area contributed by atoms with Gasteiger partial charge in [-0.2, -0.15) is 0 Å². The molecule has 0 aliphatic rings. The molecule has 0 N–H and O–H groups in total. The summed E-state index contributed by atoms with van der Waals surface area (Å²) in [5.41, 5.74) is 0. The zero-order chi connectivity index (χ0) is 47.9. The van der Waals surface area contributed by atoms with Crippen molar-refractivity contribution >= 4 is 17.9 Å². The molecule has 0 saturated carbocycles. The van der Waals surface area contributed by atoms with Crippen LogP contribution < -0.4 is 0 Å². The van der Waals surface area contributed by atoms with Crippen molar-refractivity contribution in [3.8, 4) is 0 Å². The molecule has 0 rings (SSSR count). The van der Waals surface area contributed by atoms with Crippen molar-refractivity contribution in [1.29, 1.82) is 0 Å². The van der Waals surface area contributed by atoms with Crippen LogP contribution in [0.15, 0.2) is 97.2 Å². The zero-order valence-corrected chi connectivity index (χ0v) is 42.9. The Balaban J connectivity index is 4.50. The molecule has 0 aromatic heterocycles. The van der Waals surface area contributed by atoms with Gasteiger partial charge in [-0.25, -0.2) is 0 Å². The van der Waals surface area contributed by atoms with Crippen LogP contribution in [0.5, 0.6) is 0 Å². The topological polar surface area (TPSA) is 78.9 Å². The van der Waals surface area contributed by atoms with Crippen molar-refractivity contribution in [2.24, 2.45) is 0 Å². The first-order valence-electron chi connectivity index (χ1n) is 27.3. The lowest BCUT2D eigenvalue weighted by atomic mass is 10.1. The number of carbonyl (C=O) groups excluding carboxylic acids is 3. The quantitative estimate of drug-likeness (QED) is 0.0199. The predicted molar refractivity (Wildman–Crippen MR) is 284 cm³/mol. The van der Waals surface area contributed by atoms with E-state index in [2.05, 4.69) is 57.2 Å². The fraction of sp³-hybridized carbons (Fsp3) is 0.683. The van der Waals surface area contributed by atoms with Gasteiger partial charge in [0.15, 0.2) is 6.10 Å². The highest BCUT2D eigenvalue weighted by atomic mass is 16.6. The molecule has 0 fully saturated rings. The van der Waals surface area contributed by atoms with Crippen LogP contribution in [0, 0.1) is 0 Å². The van der Waals surface area contributed by atoms with Gasteiger partial charge < -0.3 is 14.2 Å². The maximum atomic E-state index is 12.8. The minimum Gasteiger partial charge on any atom is -0.462 e. The lowest BCUT2D eigenvalue weighted by Crippen LogP contribution is -2.30. The summed E-state index contributed by atoms with van der Waals surface area (Å²) in [4.78, 5) is 38.1. The van der Waals surface area contributed by atoms with Gasteiger partial charge in [0.2, 0.25) is 0 Å². The Bertz CT molecular complexity index is 1330. The summed E-state index contributed by atoms with van der Waals surface area (Å²) in [6, 6.07) is 0. The summed E-state index contributed by atoms with van der Waals surface area (Å²) in [6.07, 6.45) is 71.0. The number of hydrogen-bond donors (Lipinski definition) is 0. The molecule has 6 heteroatoms. The molecule has 1 unspecified atom stereocenters. The van der Waals surface area contributed by atoms with Gasteiger partial charge >= 0.3 is 17.9 Å². The van der Waals surface area contributed by atoms with Gasteiger partial charge in [-0.3, -0.25) is 14.4 Å². The van der Waals surface area contributed by atoms with Gasteiger partial charge in [0, 0.05) is 19.3 Å². The van der Waals surface area contributed by atoms with E-state index in [-0.39, 0.29) is 31.1 Å². The molecule has 0 spiro atoms. The maximum absolute atomic E-state index is 12.8. The first kappa shape index (κ1) is 62.3. The van der Waals surface area contributed by atoms with E-state index in [1.807, 2.05) is 60.8 Å². The van der Waals surface area contributed by atoms with Gasteiger partial charge in [-0.05, 0) is 89.9 Å². The molecule has 0 aliphatic carbocycles. The number of ether oxygens (including phenoxy) is 3. The molecule has 0 radical (unpaired) electrons. The molecular formula is C60H100O6. The second-order valence-electron chi connectivity index (χ2n) is 17.9. The Morgan fingerprint density at radius 3 is 1.00 bits per heavy atom. The number of hydrogen-bond acceptors (Lipinski definition) is 6. The third kappa shape index (κ3) is 51.3. The van der Waals surface area contributed by atoms with Gasteiger partial charge in [0.25, 0.3) is 0 Å². The van der Waals surface area contributed by atoms with Crippen molar-refractivity contribution < 1.29 is 28.6 Å². The lowest BCUT2D eigenvalue weighted by molar-refractivity contribution is -0.167. The highest BCUT2D eigenvalue weighted by Crippen LogP contribution is 2.14. The molecule has 0 saturated heterocycles. The third-order valence-electron chi connectivity index (χ3n) is 11.5. The van der Waals surface area contributed by atoms with Gasteiger partial charge in [0.1, 0.15) is 13.2 Å². The Morgan fingerprint density at radius 2 is 0.606 bits per heavy atom. The van der Waals surface area contributed by atoms with Crippen LogP contribution in [-0.2, 0) is 28.6 Å². The Morgan fingerprint density at radius 1 is 0.318 bits per heavy atom. The Labute approximate surface area is 407 Å². The van der Waals surface area contributed by atoms with Gasteiger partial charge in [-0.15, -0.1) is 0 Å². The van der Waals surface area contributed by atoms with Crippen LogP contribution in [0.3, 0.4) is 0 Å². The van der Waals surface area contributed by atoms with Crippen molar-refractivity contribution in [2.45, 2.75) is 252 Å². The molecule has 0 bridgehead atoms. The maximum Gasteiger partial charge on any atom is 0.306 e. The van der Waals surface area contributed by atoms with E-state index in [0.717, 1.165) is 83.5 Å². The fourth-order valence-corrected chi connectivity index (χ4v) is 7.34. The van der Waals surface area contributed by atoms with E-state index < -0.39 is 6.10 Å². The molecule has 6 nitrogen and oxygen atoms in total. The van der Waals surface area contributed by atoms with E-state index in [1.165, 1.54) is 122 Å². The van der Waals surface area contributed by atoms with E-state index in [1.54, 1.807) is 0 Å². The lowest BCUT2D eigenvalue weighted by Gasteiger charge is -2.18. The Hall–Kier alpha value is -3.67. The molecule has 0 aliphatic heterocycles. The summed E-state index contributed by atoms with van der Waals surface area (Å²) >= 11 is 0. The standard InChI is InChI=1S/C60H100O6/c1-4-7-10-13-16-19-22-25-28-30-33-35-38-41-44-47-50-53-59(62)65-56-57(55-64-58(61)52-49-46-43-40-37-34-31-27-24-21-18-15-12-9-6-3)66-60(63)54-51-48-45-42-39-36-32-29-26-23-20-17-14-11-8-5-2/h7,10,13,16,19,21-22,24-25,28-30,32-33,35,38,57H,4-6,8-9,11-12,14-15,17-18,20,23,26-27,31,34,36-37,39-56H2,1-3H3/b10-7-,16-13-,22-19-,24-21-,28-25-,32-29-,33-30+,38-35-. The minimum atomic E-state index is -0.803. The van der Waals surface area contributed by atoms with Crippen LogP contribution in [0.25, 0.3) is 0 Å². The molecule has 0 amide bonds. The van der Waals surface area contributed by atoms with Crippen molar-refractivity contribution in [1.82, 2.24) is 0 Å². The van der Waals surface area contributed by atoms with Crippen molar-refractivity contribution in [3.05, 3.63) is 97.2 Å². The second kappa shape index (κ2) is 53.9. The van der Waals surface area contributed by atoms with Gasteiger partial charge in [0.05, 0.1) is 0 Å². The largest absolute Gasteiger partial charge is 0.462 e. The number of esters is 3. The average Bonchev–Trinajstić information content (AvgIpc) is 3.31. The van der Waals surface area contributed by atoms with Crippen LogP contribution in [0.1, 0.15) is 245 Å². The minimum absolute atomic E-state index is 0.0981. The van der Waals surface area contributed by atoms with Gasteiger partial charge in [-0.1, -0.05) is 234 Å². The summed E-state index contributed by atoms with van der Waals surface area (Å²) in [5.74, 6) is -0.955. The molecular weight excluding hydrogens is 817 g/mol. The Kier molecular flexibility index (Phi) is 50.9. The monoisotopic (exact) mass is 917 g/mol. The summed E-state index contributed by atoms with van der Waals surface area (Å²) in [7, 11) is 0. The first-order valence-corrected chi connectivity index (χ1v) is 27.3. The summed E-state index contributed by atoms with van der Waals surface area (Å²) in [6.45, 7) is 6.43. The van der Waals surface area contributed by atoms with E-state index >= 15 is 0 Å². The number of unbranched alkanes of at least 4 members (excludes halogenated alkanes) is 26. The van der Waals surface area contributed by atoms with Crippen LogP contribution in [0.2, 0.25) is 0 Å². The summed E-state index contributed by atoms with van der Waals surface area (Å²) in [5, 5.41) is 0. The van der Waals surface area contributed by atoms with Crippen molar-refractivity contribution in [2.75, 3.05) is 13.2 Å². The molecule has 376 valence electrons. The molecule has 0 aromatic rings. The number of carbonyl (C=O) groups is 3. The highest BCUT2D eigenvalue weighted by Gasteiger charge is 2.19. The average molecular weight is 917 g/mol. The van der Waals surface area contributed by atoms with E-state index in [4.69, 9.17) is 14.2 Å². The smallest absolute Gasteiger partial charge is 0.306 e. The molecule has 0 aromatic carbocycles. The normalized spacial score (nSPS) is 12.8. The summed E-state index contributed by atoms with van der Waals surface area (Å²) < 4.78 is 16.8. The third-order valence-corrected chi connectivity index (χ3v) is 11.5. The predicted octanol–water partition coefficient (Wildman–Crippen LogP) is 18.1. The molecule has 1 atom stereocenters. The second-order valence-corrected chi connectivity index (χ2v) is 17.9. The molecule has 66 heavy (non-hydrogen) atoms. The number of allylic oxidation sites excluding steroid dienone is 16. The fourth-order valence-electron chi connectivity index (χ4n) is 7.34. The van der Waals surface area contributed by atoms with Crippen LogP contribution in [0.4, 0.5) is 0 Å². The highest BCUT2D eigenvalue weighted by molar-refractivity contribution is 5.71. The van der Waals surface area contributed by atoms with Crippen molar-refractivity contribution in [3.63, 3.8) is 0 Å². The SMILES string of the molecule is CC\C=C/C=C\C=C/C=C\C=C\C=C/CCCCCC(=O)OCC(COC(=O)CCCCCCCCC/C=C\CCCCCC)OC(=O)CCCCCCC/C=C\CCCCCCCCC. The van der Waals surface area contributed by atoms with E-state index in [9.17, 15) is 14.4 Å². The van der Waals surface area contributed by atoms with E-state index in [0.29, 0.717) is 19.3 Å². The van der Waals surface area contributed by atoms with Crippen LogP contribution >= 0.6 is 0 Å². The zero-order valence-electron chi connectivity index (χ0n) is 42.9. The van der Waals surface area contributed by atoms with Crippen LogP contribution in [-0.4, -0.2) is 37.2 Å². The molecule has 0 heterocycles.